The van der Waals surface area contributed by atoms with Gasteiger partial charge in [-0.2, -0.15) is 4.31 Å². The number of hydrogen-bond acceptors (Lipinski definition) is 5. The minimum atomic E-state index is -3.64. The fraction of sp³-hybridized carbons (Fsp3) is 0.667. The van der Waals surface area contributed by atoms with E-state index in [4.69, 9.17) is 9.15 Å². The number of nitrogens with zero attached hydrogens (tertiary/aromatic N) is 1. The zero-order valence-corrected chi connectivity index (χ0v) is 13.8. The maximum absolute atomic E-state index is 12.5. The average molecular weight is 342 g/mol. The monoisotopic (exact) mass is 342 g/mol. The summed E-state index contributed by atoms with van der Waals surface area (Å²) in [6.45, 7) is 2.89. The van der Waals surface area contributed by atoms with Gasteiger partial charge < -0.3 is 14.5 Å². The number of carbonyl (C=O) groups excluding carboxylic acids is 1. The number of furan rings is 1. The predicted octanol–water partition coefficient (Wildman–Crippen LogP) is 1.22. The van der Waals surface area contributed by atoms with Crippen LogP contribution in [0.3, 0.4) is 0 Å². The first kappa shape index (κ1) is 16.5. The minimum absolute atomic E-state index is 0.0273. The summed E-state index contributed by atoms with van der Waals surface area (Å²) >= 11 is 0. The summed E-state index contributed by atoms with van der Waals surface area (Å²) in [7, 11) is -3.64. The second kappa shape index (κ2) is 7.02. The fourth-order valence-electron chi connectivity index (χ4n) is 2.88. The number of ether oxygens (including phenoxy) is 1. The molecular weight excluding hydrogens is 320 g/mol. The number of carbonyl (C=O) groups is 1. The predicted molar refractivity (Wildman–Crippen MR) is 82.6 cm³/mol. The Kier molecular flexibility index (Phi) is 5.03. The topological polar surface area (TPSA) is 88.8 Å². The van der Waals surface area contributed by atoms with E-state index in [9.17, 15) is 13.2 Å². The van der Waals surface area contributed by atoms with Gasteiger partial charge in [0.25, 0.3) is 15.9 Å². The van der Waals surface area contributed by atoms with Gasteiger partial charge in [0, 0.05) is 32.2 Å². The molecule has 1 amide bonds. The maximum atomic E-state index is 12.5. The lowest BCUT2D eigenvalue weighted by Gasteiger charge is -2.24. The van der Waals surface area contributed by atoms with Crippen LogP contribution in [-0.4, -0.2) is 51.5 Å². The van der Waals surface area contributed by atoms with Crippen LogP contribution in [0, 0.1) is 5.92 Å². The van der Waals surface area contributed by atoms with Crippen LogP contribution in [0.4, 0.5) is 0 Å². The van der Waals surface area contributed by atoms with Gasteiger partial charge in [-0.1, -0.05) is 6.42 Å². The Hall–Kier alpha value is -1.38. The molecule has 2 fully saturated rings. The molecule has 128 valence electrons. The van der Waals surface area contributed by atoms with Gasteiger partial charge in [-0.15, -0.1) is 0 Å². The number of rotatable bonds is 5. The second-order valence-corrected chi connectivity index (χ2v) is 7.89. The highest BCUT2D eigenvalue weighted by Gasteiger charge is 2.29. The highest BCUT2D eigenvalue weighted by molar-refractivity contribution is 7.89. The molecule has 0 radical (unpaired) electrons. The largest absolute Gasteiger partial charge is 0.438 e. The Morgan fingerprint density at radius 1 is 1.26 bits per heavy atom. The van der Waals surface area contributed by atoms with Crippen molar-refractivity contribution in [1.29, 1.82) is 0 Å². The van der Waals surface area contributed by atoms with Crippen molar-refractivity contribution in [2.45, 2.75) is 30.8 Å². The Labute approximate surface area is 136 Å². The molecule has 8 heteroatoms. The first-order valence-corrected chi connectivity index (χ1v) is 9.47. The van der Waals surface area contributed by atoms with E-state index in [1.54, 1.807) is 0 Å². The molecule has 0 saturated carbocycles. The van der Waals surface area contributed by atoms with Gasteiger partial charge in [0.15, 0.2) is 5.76 Å². The standard InChI is InChI=1S/C15H22N2O5S/c18-15(16-10-12-6-9-21-11-12)13-4-5-14(22-13)23(19,20)17-7-2-1-3-8-17/h4-5,12H,1-3,6-11H2,(H,16,18)/t12-/m1/s1. The Morgan fingerprint density at radius 2 is 2.04 bits per heavy atom. The quantitative estimate of drug-likeness (QED) is 0.869. The number of nitrogens with one attached hydrogen (secondary N) is 1. The van der Waals surface area contributed by atoms with E-state index in [2.05, 4.69) is 5.32 Å². The van der Waals surface area contributed by atoms with Gasteiger partial charge in [0.2, 0.25) is 5.09 Å². The van der Waals surface area contributed by atoms with Crippen LogP contribution in [0.15, 0.2) is 21.6 Å². The first-order valence-electron chi connectivity index (χ1n) is 8.03. The summed E-state index contributed by atoms with van der Waals surface area (Å²) in [4.78, 5) is 12.1. The average Bonchev–Trinajstić information content (AvgIpc) is 3.25. The van der Waals surface area contributed by atoms with Crippen LogP contribution < -0.4 is 5.32 Å². The van der Waals surface area contributed by atoms with E-state index in [1.807, 2.05) is 0 Å². The molecule has 0 bridgehead atoms. The molecule has 0 spiro atoms. The zero-order chi connectivity index (χ0) is 16.3. The number of amides is 1. The van der Waals surface area contributed by atoms with E-state index < -0.39 is 15.9 Å². The van der Waals surface area contributed by atoms with Crippen LogP contribution in [0.1, 0.15) is 36.2 Å². The molecule has 3 heterocycles. The number of sulfonamides is 1. The van der Waals surface area contributed by atoms with Gasteiger partial charge in [-0.3, -0.25) is 4.79 Å². The summed E-state index contributed by atoms with van der Waals surface area (Å²) in [5.41, 5.74) is 0. The van der Waals surface area contributed by atoms with Crippen LogP contribution >= 0.6 is 0 Å². The molecule has 1 aromatic heterocycles. The van der Waals surface area contributed by atoms with E-state index in [0.29, 0.717) is 32.2 Å². The maximum Gasteiger partial charge on any atom is 0.287 e. The lowest BCUT2D eigenvalue weighted by Crippen LogP contribution is -2.35. The molecule has 2 aliphatic rings. The van der Waals surface area contributed by atoms with Crippen molar-refractivity contribution in [2.75, 3.05) is 32.8 Å². The minimum Gasteiger partial charge on any atom is -0.438 e. The van der Waals surface area contributed by atoms with Crippen LogP contribution in [0.25, 0.3) is 0 Å². The third kappa shape index (κ3) is 3.76. The molecule has 7 nitrogen and oxygen atoms in total. The molecule has 2 aliphatic heterocycles. The van der Waals surface area contributed by atoms with Crippen LogP contribution in [0.2, 0.25) is 0 Å². The van der Waals surface area contributed by atoms with Crippen LogP contribution in [0.5, 0.6) is 0 Å². The van der Waals surface area contributed by atoms with Gasteiger partial charge in [-0.25, -0.2) is 8.42 Å². The highest BCUT2D eigenvalue weighted by atomic mass is 32.2. The summed E-state index contributed by atoms with van der Waals surface area (Å²) < 4.78 is 36.9. The van der Waals surface area contributed by atoms with E-state index in [0.717, 1.165) is 32.3 Å². The van der Waals surface area contributed by atoms with Crippen molar-refractivity contribution in [1.82, 2.24) is 9.62 Å². The van der Waals surface area contributed by atoms with Crippen molar-refractivity contribution in [3.8, 4) is 0 Å². The van der Waals surface area contributed by atoms with Crippen molar-refractivity contribution in [3.05, 3.63) is 17.9 Å². The first-order chi connectivity index (χ1) is 11.1. The Morgan fingerprint density at radius 3 is 2.74 bits per heavy atom. The summed E-state index contributed by atoms with van der Waals surface area (Å²) in [6.07, 6.45) is 3.68. The normalized spacial score (nSPS) is 23.0. The highest BCUT2D eigenvalue weighted by Crippen LogP contribution is 2.22. The summed E-state index contributed by atoms with van der Waals surface area (Å²) in [6, 6.07) is 2.77. The molecule has 0 unspecified atom stereocenters. The number of piperidine rings is 1. The SMILES string of the molecule is O=C(NC[C@H]1CCOC1)c1ccc(S(=O)(=O)N2CCCCC2)o1. The van der Waals surface area contributed by atoms with E-state index in [-0.39, 0.29) is 10.9 Å². The number of hydrogen-bond donors (Lipinski definition) is 1. The smallest absolute Gasteiger partial charge is 0.287 e. The summed E-state index contributed by atoms with van der Waals surface area (Å²) in [5, 5.41) is 2.61. The molecular formula is C15H22N2O5S. The van der Waals surface area contributed by atoms with Crippen LogP contribution in [-0.2, 0) is 14.8 Å². The van der Waals surface area contributed by atoms with Gasteiger partial charge >= 0.3 is 0 Å². The van der Waals surface area contributed by atoms with Gasteiger partial charge in [0.1, 0.15) is 0 Å². The van der Waals surface area contributed by atoms with Crippen molar-refractivity contribution in [3.63, 3.8) is 0 Å². The summed E-state index contributed by atoms with van der Waals surface area (Å²) in [5.74, 6) is -0.0537. The molecule has 1 atom stereocenters. The van der Waals surface area contributed by atoms with E-state index >= 15 is 0 Å². The Balaban J connectivity index is 1.63. The lowest BCUT2D eigenvalue weighted by molar-refractivity contribution is 0.0911. The molecule has 3 rings (SSSR count). The lowest BCUT2D eigenvalue weighted by atomic mass is 10.1. The third-order valence-electron chi connectivity index (χ3n) is 4.29. The molecule has 0 aromatic carbocycles. The second-order valence-electron chi connectivity index (χ2n) is 6.02. The zero-order valence-electron chi connectivity index (χ0n) is 13.0. The molecule has 1 aromatic rings. The van der Waals surface area contributed by atoms with Gasteiger partial charge in [0.05, 0.1) is 6.61 Å². The van der Waals surface area contributed by atoms with Crippen molar-refractivity contribution >= 4 is 15.9 Å². The molecule has 0 aliphatic carbocycles. The molecule has 23 heavy (non-hydrogen) atoms. The Bertz CT molecular complexity index is 643. The molecule has 1 N–H and O–H groups in total. The third-order valence-corrected chi connectivity index (χ3v) is 6.06. The fourth-order valence-corrected chi connectivity index (χ4v) is 4.31. The van der Waals surface area contributed by atoms with Crippen molar-refractivity contribution in [2.24, 2.45) is 5.92 Å². The van der Waals surface area contributed by atoms with Crippen molar-refractivity contribution < 1.29 is 22.4 Å². The van der Waals surface area contributed by atoms with E-state index in [1.165, 1.54) is 16.4 Å². The molecule has 2 saturated heterocycles. The van der Waals surface area contributed by atoms with Gasteiger partial charge in [-0.05, 0) is 31.4 Å².